The number of nitrogens with one attached hydrogen (secondary N) is 1. The Balaban J connectivity index is 1.75. The van der Waals surface area contributed by atoms with E-state index in [9.17, 15) is 9.18 Å². The normalized spacial score (nSPS) is 14.2. The van der Waals surface area contributed by atoms with Gasteiger partial charge in [-0.25, -0.2) is 4.39 Å². The minimum Gasteiger partial charge on any atom is -0.496 e. The number of benzene rings is 2. The Kier molecular flexibility index (Phi) is 5.76. The van der Waals surface area contributed by atoms with Crippen LogP contribution in [0.2, 0.25) is 0 Å². The zero-order valence-electron chi connectivity index (χ0n) is 15.3. The van der Waals surface area contributed by atoms with Gasteiger partial charge in [0.1, 0.15) is 11.6 Å². The van der Waals surface area contributed by atoms with E-state index in [1.807, 2.05) is 25.1 Å². The molecule has 1 heterocycles. The third-order valence-corrected chi connectivity index (χ3v) is 4.77. The van der Waals surface area contributed by atoms with Crippen LogP contribution < -0.4 is 15.0 Å². The van der Waals surface area contributed by atoms with Gasteiger partial charge in [-0.1, -0.05) is 12.1 Å². The lowest BCUT2D eigenvalue weighted by molar-refractivity contribution is -0.115. The molecule has 2 aromatic carbocycles. The van der Waals surface area contributed by atoms with Crippen molar-refractivity contribution >= 4 is 17.3 Å². The van der Waals surface area contributed by atoms with Crippen LogP contribution in [0.5, 0.6) is 5.75 Å². The van der Waals surface area contributed by atoms with Crippen LogP contribution in [-0.2, 0) is 11.2 Å². The molecule has 1 N–H and O–H groups in total. The van der Waals surface area contributed by atoms with Gasteiger partial charge in [-0.3, -0.25) is 4.79 Å². The van der Waals surface area contributed by atoms with E-state index in [4.69, 9.17) is 4.74 Å². The number of carbonyl (C=O) groups is 1. The van der Waals surface area contributed by atoms with E-state index in [1.165, 1.54) is 18.6 Å². The molecule has 0 atom stereocenters. The van der Waals surface area contributed by atoms with E-state index in [1.54, 1.807) is 13.2 Å². The first-order valence-electron chi connectivity index (χ1n) is 9.04. The number of amides is 1. The van der Waals surface area contributed by atoms with Gasteiger partial charge in [0.2, 0.25) is 5.91 Å². The summed E-state index contributed by atoms with van der Waals surface area (Å²) in [5, 5.41) is 2.89. The average Bonchev–Trinajstić information content (AvgIpc) is 2.64. The summed E-state index contributed by atoms with van der Waals surface area (Å²) in [5.74, 6) is 0.243. The molecule has 5 heteroatoms. The molecular weight excluding hydrogens is 331 g/mol. The lowest BCUT2D eigenvalue weighted by atomic mass is 10.1. The van der Waals surface area contributed by atoms with Crippen LogP contribution in [0, 0.1) is 12.7 Å². The SMILES string of the molecule is COc1cc(CC(=O)Nc2cc(F)ccc2N2CCCCC2)ccc1C. The van der Waals surface area contributed by atoms with Gasteiger partial charge < -0.3 is 15.0 Å². The summed E-state index contributed by atoms with van der Waals surface area (Å²) >= 11 is 0. The molecule has 2 aromatic rings. The first kappa shape index (κ1) is 18.2. The number of aryl methyl sites for hydroxylation is 1. The molecule has 4 nitrogen and oxygen atoms in total. The van der Waals surface area contributed by atoms with Gasteiger partial charge in [0.05, 0.1) is 24.9 Å². The summed E-state index contributed by atoms with van der Waals surface area (Å²) in [7, 11) is 1.61. The van der Waals surface area contributed by atoms with E-state index < -0.39 is 0 Å². The monoisotopic (exact) mass is 356 g/mol. The number of anilines is 2. The van der Waals surface area contributed by atoms with Crippen molar-refractivity contribution in [2.24, 2.45) is 0 Å². The van der Waals surface area contributed by atoms with Crippen LogP contribution in [0.1, 0.15) is 30.4 Å². The highest BCUT2D eigenvalue weighted by Crippen LogP contribution is 2.29. The van der Waals surface area contributed by atoms with Crippen LogP contribution in [0.3, 0.4) is 0 Å². The Morgan fingerprint density at radius 1 is 1.15 bits per heavy atom. The van der Waals surface area contributed by atoms with Crippen molar-refractivity contribution in [3.8, 4) is 5.75 Å². The summed E-state index contributed by atoms with van der Waals surface area (Å²) in [6.45, 7) is 3.83. The minimum atomic E-state index is -0.349. The maximum Gasteiger partial charge on any atom is 0.228 e. The van der Waals surface area contributed by atoms with Crippen LogP contribution >= 0.6 is 0 Å². The number of carbonyl (C=O) groups excluding carboxylic acids is 1. The molecule has 0 radical (unpaired) electrons. The topological polar surface area (TPSA) is 41.6 Å². The molecule has 0 saturated carbocycles. The number of methoxy groups -OCH3 is 1. The highest BCUT2D eigenvalue weighted by Gasteiger charge is 2.17. The molecule has 1 aliphatic heterocycles. The molecule has 0 spiro atoms. The lowest BCUT2D eigenvalue weighted by Gasteiger charge is -2.30. The number of hydrogen-bond acceptors (Lipinski definition) is 3. The standard InChI is InChI=1S/C21H25FN2O2/c1-15-6-7-16(12-20(15)26-2)13-21(25)23-18-14-17(22)8-9-19(18)24-10-4-3-5-11-24/h6-9,12,14H,3-5,10-11,13H2,1-2H3,(H,23,25). The summed E-state index contributed by atoms with van der Waals surface area (Å²) in [5.41, 5.74) is 3.31. The number of nitrogens with zero attached hydrogens (tertiary/aromatic N) is 1. The highest BCUT2D eigenvalue weighted by molar-refractivity contribution is 5.95. The lowest BCUT2D eigenvalue weighted by Crippen LogP contribution is -2.30. The van der Waals surface area contributed by atoms with Crippen molar-refractivity contribution < 1.29 is 13.9 Å². The van der Waals surface area contributed by atoms with Crippen molar-refractivity contribution in [1.29, 1.82) is 0 Å². The number of piperidine rings is 1. The summed E-state index contributed by atoms with van der Waals surface area (Å²) < 4.78 is 19.1. The number of ether oxygens (including phenoxy) is 1. The Hall–Kier alpha value is -2.56. The molecular formula is C21H25FN2O2. The van der Waals surface area contributed by atoms with Crippen molar-refractivity contribution in [2.45, 2.75) is 32.6 Å². The second kappa shape index (κ2) is 8.21. The summed E-state index contributed by atoms with van der Waals surface area (Å²) in [4.78, 5) is 14.7. The summed E-state index contributed by atoms with van der Waals surface area (Å²) in [6.07, 6.45) is 3.67. The molecule has 0 aliphatic carbocycles. The van der Waals surface area contributed by atoms with Gasteiger partial charge in [0, 0.05) is 13.1 Å². The molecule has 1 saturated heterocycles. The van der Waals surface area contributed by atoms with Crippen molar-refractivity contribution in [3.63, 3.8) is 0 Å². The fraction of sp³-hybridized carbons (Fsp3) is 0.381. The Morgan fingerprint density at radius 3 is 2.65 bits per heavy atom. The first-order chi connectivity index (χ1) is 12.6. The quantitative estimate of drug-likeness (QED) is 0.868. The zero-order chi connectivity index (χ0) is 18.5. The van der Waals surface area contributed by atoms with Gasteiger partial charge in [-0.05, 0) is 61.6 Å². The first-order valence-corrected chi connectivity index (χ1v) is 9.04. The van der Waals surface area contributed by atoms with Crippen molar-refractivity contribution in [1.82, 2.24) is 0 Å². The fourth-order valence-electron chi connectivity index (χ4n) is 3.37. The molecule has 1 aliphatic rings. The van der Waals surface area contributed by atoms with Crippen LogP contribution in [0.15, 0.2) is 36.4 Å². The van der Waals surface area contributed by atoms with Crippen LogP contribution in [-0.4, -0.2) is 26.1 Å². The Labute approximate surface area is 154 Å². The molecule has 138 valence electrons. The van der Waals surface area contributed by atoms with E-state index in [2.05, 4.69) is 10.2 Å². The van der Waals surface area contributed by atoms with Crippen LogP contribution in [0.4, 0.5) is 15.8 Å². The summed E-state index contributed by atoms with van der Waals surface area (Å²) in [6, 6.07) is 10.3. The van der Waals surface area contributed by atoms with Crippen LogP contribution in [0.25, 0.3) is 0 Å². The van der Waals surface area contributed by atoms with E-state index in [0.717, 1.165) is 48.5 Å². The molecule has 0 aromatic heterocycles. The van der Waals surface area contributed by atoms with Gasteiger partial charge in [0.15, 0.2) is 0 Å². The van der Waals surface area contributed by atoms with Gasteiger partial charge in [0.25, 0.3) is 0 Å². The average molecular weight is 356 g/mol. The molecule has 3 rings (SSSR count). The largest absolute Gasteiger partial charge is 0.496 e. The smallest absolute Gasteiger partial charge is 0.228 e. The maximum atomic E-state index is 13.7. The number of halogens is 1. The molecule has 0 bridgehead atoms. The predicted octanol–water partition coefficient (Wildman–Crippen LogP) is 4.31. The minimum absolute atomic E-state index is 0.167. The molecule has 1 fully saturated rings. The number of rotatable bonds is 5. The van der Waals surface area contributed by atoms with Gasteiger partial charge in [-0.2, -0.15) is 0 Å². The molecule has 0 unspecified atom stereocenters. The zero-order valence-corrected chi connectivity index (χ0v) is 15.3. The Morgan fingerprint density at radius 2 is 1.92 bits per heavy atom. The second-order valence-electron chi connectivity index (χ2n) is 6.74. The molecule has 1 amide bonds. The van der Waals surface area contributed by atoms with E-state index >= 15 is 0 Å². The fourth-order valence-corrected chi connectivity index (χ4v) is 3.37. The van der Waals surface area contributed by atoms with Crippen molar-refractivity contribution in [3.05, 3.63) is 53.3 Å². The second-order valence-corrected chi connectivity index (χ2v) is 6.74. The van der Waals surface area contributed by atoms with E-state index in [0.29, 0.717) is 5.69 Å². The van der Waals surface area contributed by atoms with Crippen molar-refractivity contribution in [2.75, 3.05) is 30.4 Å². The number of hydrogen-bond donors (Lipinski definition) is 1. The third kappa shape index (κ3) is 4.34. The molecule has 26 heavy (non-hydrogen) atoms. The van der Waals surface area contributed by atoms with Gasteiger partial charge in [-0.15, -0.1) is 0 Å². The van der Waals surface area contributed by atoms with E-state index in [-0.39, 0.29) is 18.1 Å². The third-order valence-electron chi connectivity index (χ3n) is 4.77. The highest BCUT2D eigenvalue weighted by atomic mass is 19.1. The maximum absolute atomic E-state index is 13.7. The predicted molar refractivity (Wildman–Crippen MR) is 103 cm³/mol. The Bertz CT molecular complexity index is 786. The van der Waals surface area contributed by atoms with Gasteiger partial charge >= 0.3 is 0 Å².